The fraction of sp³-hybridized carbons (Fsp3) is 0.280. The molecule has 2 aromatic carbocycles. The summed E-state index contributed by atoms with van der Waals surface area (Å²) in [6.45, 7) is 2.52. The summed E-state index contributed by atoms with van der Waals surface area (Å²) < 4.78 is 5.97. The molecule has 1 N–H and O–H groups in total. The average molecular weight is 435 g/mol. The van der Waals surface area contributed by atoms with Gasteiger partial charge in [-0.25, -0.2) is 0 Å². The van der Waals surface area contributed by atoms with E-state index in [9.17, 15) is 5.11 Å². The van der Waals surface area contributed by atoms with Crippen molar-refractivity contribution in [2.24, 2.45) is 15.9 Å². The molecule has 2 aromatic rings. The van der Waals surface area contributed by atoms with Crippen molar-refractivity contribution in [2.75, 3.05) is 0 Å². The molecule has 1 unspecified atom stereocenters. The highest BCUT2D eigenvalue weighted by molar-refractivity contribution is 6.20. The number of hydrogen-bond acceptors (Lipinski definition) is 4. The number of halogens is 1. The smallest absolute Gasteiger partial charge is 0.263 e. The Morgan fingerprint density at radius 3 is 2.74 bits per heavy atom. The molecule has 1 atom stereocenters. The van der Waals surface area contributed by atoms with Gasteiger partial charge >= 0.3 is 0 Å². The Kier molecular flexibility index (Phi) is 5.05. The minimum atomic E-state index is -0.592. The van der Waals surface area contributed by atoms with Crippen molar-refractivity contribution < 1.29 is 13.8 Å². The molecule has 158 valence electrons. The second kappa shape index (κ2) is 7.75. The number of ether oxygens (including phenoxy) is 1. The van der Waals surface area contributed by atoms with Crippen LogP contribution in [0.5, 0.6) is 5.75 Å². The molecular formula is C25H25ClN3O2+. The second-order valence-electron chi connectivity index (χ2n) is 8.40. The number of aliphatic hydroxyl groups is 1. The zero-order valence-electron chi connectivity index (χ0n) is 17.4. The van der Waals surface area contributed by atoms with Crippen LogP contribution in [-0.4, -0.2) is 26.8 Å². The Labute approximate surface area is 187 Å². The second-order valence-corrected chi connectivity index (χ2v) is 8.94. The molecule has 1 saturated carbocycles. The van der Waals surface area contributed by atoms with E-state index < -0.39 is 5.60 Å². The fourth-order valence-electron chi connectivity index (χ4n) is 4.43. The van der Waals surface area contributed by atoms with Crippen molar-refractivity contribution >= 4 is 23.8 Å². The van der Waals surface area contributed by atoms with Crippen LogP contribution in [0.1, 0.15) is 37.3 Å². The molecule has 0 aromatic heterocycles. The molecule has 0 radical (unpaired) electrons. The number of amidine groups is 1. The Bertz CT molecular complexity index is 1120. The van der Waals surface area contributed by atoms with Crippen LogP contribution >= 0.6 is 11.8 Å². The van der Waals surface area contributed by atoms with Crippen molar-refractivity contribution in [3.63, 3.8) is 0 Å². The van der Waals surface area contributed by atoms with Crippen LogP contribution in [0.25, 0.3) is 0 Å². The Balaban J connectivity index is 1.43. The molecule has 0 bridgehead atoms. The quantitative estimate of drug-likeness (QED) is 0.626. The number of quaternary nitrogens is 1. The topological polar surface area (TPSA) is 54.2 Å². The average Bonchev–Trinajstić information content (AvgIpc) is 3.09. The summed E-state index contributed by atoms with van der Waals surface area (Å²) in [6, 6.07) is 18.0. The molecule has 3 aliphatic rings. The van der Waals surface area contributed by atoms with Gasteiger partial charge in [0.15, 0.2) is 11.8 Å². The minimum Gasteiger partial charge on any atom is -0.489 e. The molecule has 2 aliphatic heterocycles. The minimum absolute atomic E-state index is 0.0397. The van der Waals surface area contributed by atoms with Crippen molar-refractivity contribution in [3.05, 3.63) is 89.5 Å². The Morgan fingerprint density at radius 1 is 1.16 bits per heavy atom. The first kappa shape index (κ1) is 20.2. The van der Waals surface area contributed by atoms with Crippen molar-refractivity contribution in [1.82, 2.24) is 0 Å². The van der Waals surface area contributed by atoms with Gasteiger partial charge in [0.05, 0.1) is 23.6 Å². The van der Waals surface area contributed by atoms with E-state index in [-0.39, 0.29) is 9.92 Å². The third-order valence-corrected chi connectivity index (χ3v) is 6.80. The molecule has 5 rings (SSSR count). The van der Waals surface area contributed by atoms with Gasteiger partial charge < -0.3 is 9.84 Å². The van der Waals surface area contributed by atoms with E-state index in [1.807, 2.05) is 67.7 Å². The number of fused-ring (bicyclic) bond motifs is 1. The third kappa shape index (κ3) is 3.63. The molecule has 0 amide bonds. The van der Waals surface area contributed by atoms with Crippen LogP contribution in [0, 0.1) is 5.92 Å². The molecule has 31 heavy (non-hydrogen) atoms. The zero-order chi connectivity index (χ0) is 21.5. The lowest BCUT2D eigenvalue weighted by Gasteiger charge is -2.42. The van der Waals surface area contributed by atoms with Gasteiger partial charge in [-0.05, 0) is 43.0 Å². The number of nitrogens with zero attached hydrogens (tertiary/aromatic N) is 3. The molecule has 1 fully saturated rings. The standard InChI is InChI=1S/C25H25ClN3O2/c1-2-25(30)14-20(15-25)23-22-16-27-11-12-29(22,26)24(28-23)19-9-6-10-21(13-19)31-17-18-7-4-3-5-8-18/h3-13,16,20,30H,2,14-15,17H2,1H3/q+1. The molecular weight excluding hydrogens is 410 g/mol. The largest absolute Gasteiger partial charge is 0.489 e. The number of aliphatic imine (C=N–C) groups is 2. The Hall–Kier alpha value is -2.73. The van der Waals surface area contributed by atoms with Gasteiger partial charge in [0.25, 0.3) is 5.84 Å². The van der Waals surface area contributed by atoms with E-state index in [1.54, 1.807) is 12.4 Å². The number of rotatable bonds is 6. The first-order chi connectivity index (χ1) is 15.0. The molecule has 6 heteroatoms. The van der Waals surface area contributed by atoms with Gasteiger partial charge in [0, 0.05) is 5.92 Å². The molecule has 0 spiro atoms. The Morgan fingerprint density at radius 2 is 1.97 bits per heavy atom. The van der Waals surface area contributed by atoms with Crippen molar-refractivity contribution in [3.8, 4) is 5.75 Å². The maximum absolute atomic E-state index is 10.5. The van der Waals surface area contributed by atoms with Gasteiger partial charge in [-0.3, -0.25) is 4.99 Å². The number of allylic oxidation sites excluding steroid dienone is 2. The fourth-order valence-corrected chi connectivity index (χ4v) is 4.74. The predicted molar refractivity (Wildman–Crippen MR) is 122 cm³/mol. The number of benzene rings is 2. The van der Waals surface area contributed by atoms with Gasteiger partial charge in [-0.2, -0.15) is 4.99 Å². The van der Waals surface area contributed by atoms with Crippen molar-refractivity contribution in [2.45, 2.75) is 38.4 Å². The van der Waals surface area contributed by atoms with E-state index in [4.69, 9.17) is 21.5 Å². The third-order valence-electron chi connectivity index (χ3n) is 6.34. The van der Waals surface area contributed by atoms with Crippen LogP contribution in [-0.2, 0) is 6.61 Å². The monoisotopic (exact) mass is 434 g/mol. The van der Waals surface area contributed by atoms with Crippen LogP contribution < -0.4 is 4.74 Å². The highest BCUT2D eigenvalue weighted by atomic mass is 35.5. The SMILES string of the molecule is CCC1(O)CC(C2=C3C=NC=C[N+]3(Cl)C(c3cccc(OCc4ccccc4)c3)=N2)C1. The van der Waals surface area contributed by atoms with Crippen LogP contribution in [0.3, 0.4) is 0 Å². The van der Waals surface area contributed by atoms with Gasteiger partial charge in [-0.1, -0.05) is 43.3 Å². The summed E-state index contributed by atoms with van der Waals surface area (Å²) in [5.74, 6) is 1.68. The molecule has 1 aliphatic carbocycles. The van der Waals surface area contributed by atoms with Gasteiger partial charge in [-0.15, -0.1) is 4.00 Å². The van der Waals surface area contributed by atoms with E-state index >= 15 is 0 Å². The lowest BCUT2D eigenvalue weighted by atomic mass is 9.68. The number of hydrogen-bond donors (Lipinski definition) is 1. The molecule has 5 nitrogen and oxygen atoms in total. The van der Waals surface area contributed by atoms with Gasteiger partial charge in [0.2, 0.25) is 5.70 Å². The molecule has 2 heterocycles. The zero-order valence-corrected chi connectivity index (χ0v) is 18.2. The van der Waals surface area contributed by atoms with Gasteiger partial charge in [0.1, 0.15) is 24.3 Å². The maximum Gasteiger partial charge on any atom is 0.263 e. The first-order valence-corrected chi connectivity index (χ1v) is 11.0. The summed E-state index contributed by atoms with van der Waals surface area (Å²) in [7, 11) is 0. The molecule has 0 saturated heterocycles. The summed E-state index contributed by atoms with van der Waals surface area (Å²) in [5, 5.41) is 10.5. The summed E-state index contributed by atoms with van der Waals surface area (Å²) in [6.07, 6.45) is 7.48. The highest BCUT2D eigenvalue weighted by Crippen LogP contribution is 2.49. The highest BCUT2D eigenvalue weighted by Gasteiger charge is 2.52. The van der Waals surface area contributed by atoms with E-state index in [1.165, 1.54) is 0 Å². The van der Waals surface area contributed by atoms with E-state index in [2.05, 4.69) is 4.99 Å². The van der Waals surface area contributed by atoms with E-state index in [0.717, 1.165) is 40.5 Å². The van der Waals surface area contributed by atoms with Crippen LogP contribution in [0.15, 0.2) is 88.4 Å². The normalized spacial score (nSPS) is 28.9. The summed E-state index contributed by atoms with van der Waals surface area (Å²) >= 11 is 7.09. The summed E-state index contributed by atoms with van der Waals surface area (Å²) in [4.78, 5) is 9.28. The first-order valence-electron chi connectivity index (χ1n) is 10.6. The van der Waals surface area contributed by atoms with Crippen molar-refractivity contribution in [1.29, 1.82) is 0 Å². The summed E-state index contributed by atoms with van der Waals surface area (Å²) in [5.41, 5.74) is 3.20. The predicted octanol–water partition coefficient (Wildman–Crippen LogP) is 5.31. The van der Waals surface area contributed by atoms with E-state index in [0.29, 0.717) is 19.4 Å². The van der Waals surface area contributed by atoms with Crippen LogP contribution in [0.2, 0.25) is 0 Å². The lowest BCUT2D eigenvalue weighted by Crippen LogP contribution is -2.44. The maximum atomic E-state index is 10.5. The van der Waals surface area contributed by atoms with Crippen LogP contribution in [0.4, 0.5) is 0 Å². The lowest BCUT2D eigenvalue weighted by molar-refractivity contribution is -0.600.